The van der Waals surface area contributed by atoms with Gasteiger partial charge in [0.2, 0.25) is 11.8 Å². The lowest BCUT2D eigenvalue weighted by Gasteiger charge is -2.31. The molecule has 188 valence electrons. The van der Waals surface area contributed by atoms with Gasteiger partial charge in [0.25, 0.3) is 5.69 Å². The number of hydrogen-bond acceptors (Lipinski definition) is 5. The molecule has 0 aliphatic carbocycles. The van der Waals surface area contributed by atoms with Gasteiger partial charge in [-0.3, -0.25) is 19.7 Å². The molecule has 0 spiro atoms. The van der Waals surface area contributed by atoms with Crippen LogP contribution in [0.3, 0.4) is 0 Å². The third kappa shape index (κ3) is 8.20. The van der Waals surface area contributed by atoms with Gasteiger partial charge in [-0.25, -0.2) is 0 Å². The van der Waals surface area contributed by atoms with Gasteiger partial charge in [-0.15, -0.1) is 11.8 Å². The summed E-state index contributed by atoms with van der Waals surface area (Å²) in [7, 11) is 0. The van der Waals surface area contributed by atoms with Gasteiger partial charge in [0.1, 0.15) is 6.04 Å². The van der Waals surface area contributed by atoms with E-state index in [0.29, 0.717) is 25.3 Å². The second kappa shape index (κ2) is 13.8. The van der Waals surface area contributed by atoms with Gasteiger partial charge in [0.05, 0.1) is 10.7 Å². The number of non-ortho nitro benzene ring substituents is 1. The number of rotatable bonds is 12. The average Bonchev–Trinajstić information content (AvgIpc) is 2.88. The van der Waals surface area contributed by atoms with E-state index in [0.717, 1.165) is 21.2 Å². The van der Waals surface area contributed by atoms with E-state index in [1.54, 1.807) is 17.0 Å². The molecule has 0 heterocycles. The van der Waals surface area contributed by atoms with E-state index >= 15 is 0 Å². The molecule has 0 aromatic heterocycles. The average molecular weight is 571 g/mol. The largest absolute Gasteiger partial charge is 0.355 e. The number of likely N-dealkylation sites (N-methyl/N-ethyl adjacent to an activating group) is 1. The molecular formula is C27H28BrN3O4S. The van der Waals surface area contributed by atoms with Crippen LogP contribution in [0.15, 0.2) is 83.3 Å². The van der Waals surface area contributed by atoms with Crippen LogP contribution in [-0.2, 0) is 28.3 Å². The molecule has 36 heavy (non-hydrogen) atoms. The van der Waals surface area contributed by atoms with Crippen LogP contribution < -0.4 is 5.32 Å². The van der Waals surface area contributed by atoms with Crippen LogP contribution in [0, 0.1) is 10.1 Å². The van der Waals surface area contributed by atoms with Crippen molar-refractivity contribution in [3.63, 3.8) is 0 Å². The van der Waals surface area contributed by atoms with E-state index < -0.39 is 11.0 Å². The first kappa shape index (κ1) is 27.4. The third-order valence-corrected chi connectivity index (χ3v) is 7.05. The Morgan fingerprint density at radius 3 is 2.22 bits per heavy atom. The highest BCUT2D eigenvalue weighted by atomic mass is 79.9. The predicted molar refractivity (Wildman–Crippen MR) is 147 cm³/mol. The molecule has 3 aromatic rings. The number of halogens is 1. The van der Waals surface area contributed by atoms with Crippen molar-refractivity contribution in [3.8, 4) is 0 Å². The molecule has 0 saturated carbocycles. The molecule has 1 N–H and O–H groups in total. The molecule has 9 heteroatoms. The number of carbonyl (C=O) groups is 2. The van der Waals surface area contributed by atoms with Crippen molar-refractivity contribution in [1.29, 1.82) is 0 Å². The summed E-state index contributed by atoms with van der Waals surface area (Å²) in [6.45, 7) is 2.64. The SMILES string of the molecule is CCNC(=O)[C@H](Cc1ccccc1)N(Cc1ccc(Br)cc1)C(=O)CSCc1ccc([N+](=O)[O-])cc1. The van der Waals surface area contributed by atoms with Crippen molar-refractivity contribution in [2.24, 2.45) is 0 Å². The number of hydrogen-bond donors (Lipinski definition) is 1. The topological polar surface area (TPSA) is 92.6 Å². The quantitative estimate of drug-likeness (QED) is 0.234. The van der Waals surface area contributed by atoms with Gasteiger partial charge in [-0.1, -0.05) is 70.5 Å². The number of nitrogens with zero attached hydrogens (tertiary/aromatic N) is 2. The molecule has 1 atom stereocenters. The number of carbonyl (C=O) groups excluding carboxylic acids is 2. The summed E-state index contributed by atoms with van der Waals surface area (Å²) in [6, 6.07) is 23.0. The molecule has 0 fully saturated rings. The second-order valence-electron chi connectivity index (χ2n) is 8.16. The number of nitro groups is 1. The fourth-order valence-electron chi connectivity index (χ4n) is 3.69. The van der Waals surface area contributed by atoms with Crippen LogP contribution in [-0.4, -0.2) is 40.0 Å². The van der Waals surface area contributed by atoms with Gasteiger partial charge in [0, 0.05) is 41.9 Å². The summed E-state index contributed by atoms with van der Waals surface area (Å²) in [5, 5.41) is 13.8. The highest BCUT2D eigenvalue weighted by molar-refractivity contribution is 9.10. The van der Waals surface area contributed by atoms with Crippen LogP contribution in [0.1, 0.15) is 23.6 Å². The minimum absolute atomic E-state index is 0.0335. The Morgan fingerprint density at radius 2 is 1.61 bits per heavy atom. The molecule has 0 bridgehead atoms. The molecule has 0 radical (unpaired) electrons. The van der Waals surface area contributed by atoms with Crippen LogP contribution in [0.2, 0.25) is 0 Å². The molecule has 7 nitrogen and oxygen atoms in total. The molecule has 3 rings (SSSR count). The zero-order chi connectivity index (χ0) is 25.9. The van der Waals surface area contributed by atoms with Crippen molar-refractivity contribution < 1.29 is 14.5 Å². The van der Waals surface area contributed by atoms with E-state index in [2.05, 4.69) is 21.2 Å². The monoisotopic (exact) mass is 569 g/mol. The van der Waals surface area contributed by atoms with Crippen molar-refractivity contribution >= 4 is 45.2 Å². The van der Waals surface area contributed by atoms with E-state index in [4.69, 9.17) is 0 Å². The van der Waals surface area contributed by atoms with Crippen molar-refractivity contribution in [1.82, 2.24) is 10.2 Å². The number of nitro benzene ring substituents is 1. The highest BCUT2D eigenvalue weighted by Gasteiger charge is 2.30. The molecule has 2 amide bonds. The molecule has 0 aliphatic rings. The van der Waals surface area contributed by atoms with Crippen molar-refractivity contribution in [2.45, 2.75) is 31.7 Å². The number of amides is 2. The first-order chi connectivity index (χ1) is 17.4. The summed E-state index contributed by atoms with van der Waals surface area (Å²) >= 11 is 4.86. The number of thioether (sulfide) groups is 1. The van der Waals surface area contributed by atoms with Gasteiger partial charge in [-0.05, 0) is 35.7 Å². The van der Waals surface area contributed by atoms with Crippen LogP contribution >= 0.6 is 27.7 Å². The zero-order valence-corrected chi connectivity index (χ0v) is 22.3. The van der Waals surface area contributed by atoms with Crippen LogP contribution in [0.5, 0.6) is 0 Å². The minimum Gasteiger partial charge on any atom is -0.355 e. The fourth-order valence-corrected chi connectivity index (χ4v) is 4.82. The number of benzene rings is 3. The van der Waals surface area contributed by atoms with Gasteiger partial charge in [0.15, 0.2) is 0 Å². The Hall–Kier alpha value is -3.17. The summed E-state index contributed by atoms with van der Waals surface area (Å²) in [6.07, 6.45) is 0.405. The smallest absolute Gasteiger partial charge is 0.269 e. The molecule has 0 saturated heterocycles. The Bertz CT molecular complexity index is 1160. The van der Waals surface area contributed by atoms with Gasteiger partial charge in [-0.2, -0.15) is 0 Å². The Kier molecular flexibility index (Phi) is 10.5. The standard InChI is InChI=1S/C27H28BrN3O4S/c1-2-29-27(33)25(16-20-6-4-3-5-7-20)30(17-21-8-12-23(28)13-9-21)26(32)19-36-18-22-10-14-24(15-11-22)31(34)35/h3-15,25H,2,16-19H2,1H3,(H,29,33)/t25-/m0/s1. The molecular weight excluding hydrogens is 542 g/mol. The molecule has 0 unspecified atom stereocenters. The first-order valence-corrected chi connectivity index (χ1v) is 13.5. The maximum Gasteiger partial charge on any atom is 0.269 e. The van der Waals surface area contributed by atoms with E-state index in [1.165, 1.54) is 23.9 Å². The second-order valence-corrected chi connectivity index (χ2v) is 10.1. The third-order valence-electron chi connectivity index (χ3n) is 5.53. The van der Waals surface area contributed by atoms with Crippen LogP contribution in [0.4, 0.5) is 5.69 Å². The van der Waals surface area contributed by atoms with E-state index in [-0.39, 0.29) is 23.3 Å². The number of nitrogens with one attached hydrogen (secondary N) is 1. The van der Waals surface area contributed by atoms with Gasteiger partial charge >= 0.3 is 0 Å². The van der Waals surface area contributed by atoms with Crippen molar-refractivity contribution in [3.05, 3.63) is 110 Å². The lowest BCUT2D eigenvalue weighted by Crippen LogP contribution is -2.51. The maximum absolute atomic E-state index is 13.5. The maximum atomic E-state index is 13.5. The summed E-state index contributed by atoms with van der Waals surface area (Å²) in [4.78, 5) is 38.8. The minimum atomic E-state index is -0.663. The normalized spacial score (nSPS) is 11.5. The lowest BCUT2D eigenvalue weighted by molar-refractivity contribution is -0.384. The van der Waals surface area contributed by atoms with Crippen LogP contribution in [0.25, 0.3) is 0 Å². The summed E-state index contributed by atoms with van der Waals surface area (Å²) < 4.78 is 0.937. The predicted octanol–water partition coefficient (Wildman–Crippen LogP) is 5.37. The summed E-state index contributed by atoms with van der Waals surface area (Å²) in [5.74, 6) is 0.377. The lowest BCUT2D eigenvalue weighted by atomic mass is 10.0. The van der Waals surface area contributed by atoms with Crippen molar-refractivity contribution in [2.75, 3.05) is 12.3 Å². The Morgan fingerprint density at radius 1 is 0.972 bits per heavy atom. The summed E-state index contributed by atoms with van der Waals surface area (Å²) in [5.41, 5.74) is 2.82. The van der Waals surface area contributed by atoms with Gasteiger partial charge < -0.3 is 10.2 Å². The Labute approximate surface area is 223 Å². The highest BCUT2D eigenvalue weighted by Crippen LogP contribution is 2.21. The molecule has 0 aliphatic heterocycles. The molecule has 3 aromatic carbocycles. The first-order valence-electron chi connectivity index (χ1n) is 11.5. The Balaban J connectivity index is 1.79. The zero-order valence-electron chi connectivity index (χ0n) is 19.9. The fraction of sp³-hybridized carbons (Fsp3) is 0.259. The van der Waals surface area contributed by atoms with E-state index in [9.17, 15) is 19.7 Å². The van der Waals surface area contributed by atoms with E-state index in [1.807, 2.05) is 61.5 Å².